The molecule has 11 N–H and O–H groups in total. The Hall–Kier alpha value is -6.17. The summed E-state index contributed by atoms with van der Waals surface area (Å²) < 4.78 is 12.5. The third kappa shape index (κ3) is 11.2. The first-order chi connectivity index (χ1) is 26.4. The monoisotopic (exact) mass is 760 g/mol. The van der Waals surface area contributed by atoms with Crippen molar-refractivity contribution in [3.05, 3.63) is 42.5 Å². The maximum absolute atomic E-state index is 13.1. The molecule has 4 amide bonds. The van der Waals surface area contributed by atoms with Gasteiger partial charge in [-0.1, -0.05) is 18.2 Å². The minimum Gasteiger partial charge on any atom is -0.493 e. The number of furan rings is 1. The smallest absolute Gasteiger partial charge is 0.326 e. The van der Waals surface area contributed by atoms with Gasteiger partial charge in [-0.05, 0) is 82.4 Å². The Kier molecular flexibility index (Phi) is 13.6. The van der Waals surface area contributed by atoms with Gasteiger partial charge in [-0.3, -0.25) is 24.2 Å². The van der Waals surface area contributed by atoms with Crippen LogP contribution in [0, 0.1) is 5.92 Å². The number of para-hydroxylation sites is 1. The molecule has 1 saturated heterocycles. The largest absolute Gasteiger partial charge is 0.493 e. The van der Waals surface area contributed by atoms with Crippen LogP contribution in [0.1, 0.15) is 38.5 Å². The van der Waals surface area contributed by atoms with E-state index in [1.807, 2.05) is 42.5 Å². The lowest BCUT2D eigenvalue weighted by Crippen LogP contribution is -2.53. The van der Waals surface area contributed by atoms with Crippen LogP contribution in [-0.4, -0.2) is 109 Å². The van der Waals surface area contributed by atoms with Gasteiger partial charge in [0.05, 0.1) is 36.3 Å². The molecule has 2 aromatic heterocycles. The first-order valence-corrected chi connectivity index (χ1v) is 18.1. The van der Waals surface area contributed by atoms with Crippen LogP contribution in [-0.2, 0) is 24.0 Å². The highest BCUT2D eigenvalue weighted by Gasteiger charge is 2.27. The van der Waals surface area contributed by atoms with Crippen molar-refractivity contribution >= 4 is 74.2 Å². The lowest BCUT2D eigenvalue weighted by Gasteiger charge is -2.28. The molecule has 1 aliphatic rings. The van der Waals surface area contributed by atoms with Crippen LogP contribution in [0.3, 0.4) is 0 Å². The zero-order valence-electron chi connectivity index (χ0n) is 30.6. The second-order valence-corrected chi connectivity index (χ2v) is 13.6. The lowest BCUT2D eigenvalue weighted by atomic mass is 9.98. The average Bonchev–Trinajstić information content (AvgIpc) is 3.52. The number of fused-ring (bicyclic) bond motifs is 4. The minimum atomic E-state index is -1.42. The summed E-state index contributed by atoms with van der Waals surface area (Å²) in [6.45, 7) is 2.16. The van der Waals surface area contributed by atoms with E-state index >= 15 is 0 Å². The second kappa shape index (κ2) is 18.7. The Bertz CT molecular complexity index is 2060. The molecule has 2 atom stereocenters. The highest BCUT2D eigenvalue weighted by atomic mass is 16.5. The number of aromatic nitrogens is 1. The minimum absolute atomic E-state index is 0.0422. The van der Waals surface area contributed by atoms with Crippen molar-refractivity contribution in [3.63, 3.8) is 0 Å². The fraction of sp³-hybridized carbons (Fsp3) is 0.432. The molecule has 55 heavy (non-hydrogen) atoms. The summed E-state index contributed by atoms with van der Waals surface area (Å²) in [6, 6.07) is 10.5. The molecule has 0 aliphatic carbocycles. The fourth-order valence-corrected chi connectivity index (χ4v) is 6.32. The van der Waals surface area contributed by atoms with Gasteiger partial charge in [-0.25, -0.2) is 9.78 Å². The summed E-state index contributed by atoms with van der Waals surface area (Å²) >= 11 is 0. The number of carboxylic acids is 1. The van der Waals surface area contributed by atoms with Gasteiger partial charge in [0.25, 0.3) is 0 Å². The number of nitrogens with one attached hydrogen (secondary N) is 4. The maximum atomic E-state index is 13.1. The highest BCUT2D eigenvalue weighted by Crippen LogP contribution is 2.38. The molecule has 3 heterocycles. The Labute approximate surface area is 316 Å². The summed E-state index contributed by atoms with van der Waals surface area (Å²) in [6.07, 6.45) is 1.96. The van der Waals surface area contributed by atoms with Crippen molar-refractivity contribution in [2.75, 3.05) is 51.7 Å². The number of likely N-dealkylation sites (tertiary alicyclic amines) is 1. The number of primary amides is 1. The van der Waals surface area contributed by atoms with Crippen molar-refractivity contribution in [1.29, 1.82) is 0 Å². The fourth-order valence-electron chi connectivity index (χ4n) is 6.32. The van der Waals surface area contributed by atoms with Gasteiger partial charge in [0.2, 0.25) is 23.6 Å². The lowest BCUT2D eigenvalue weighted by molar-refractivity contribution is -0.142. The van der Waals surface area contributed by atoms with E-state index in [1.165, 1.54) is 0 Å². The van der Waals surface area contributed by atoms with Gasteiger partial charge in [0, 0.05) is 18.4 Å². The molecule has 0 saturated carbocycles. The number of carboxylic acid groups (broad SMARTS) is 1. The number of carbonyl (C=O) groups is 5. The van der Waals surface area contributed by atoms with E-state index in [1.54, 1.807) is 0 Å². The zero-order valence-corrected chi connectivity index (χ0v) is 30.6. The Balaban J connectivity index is 1.23. The van der Waals surface area contributed by atoms with E-state index < -0.39 is 48.2 Å². The van der Waals surface area contributed by atoms with Gasteiger partial charge in [0.15, 0.2) is 11.5 Å². The van der Waals surface area contributed by atoms with Crippen LogP contribution >= 0.6 is 0 Å². The number of nitrogens with zero attached hydrogens (tertiary/aromatic N) is 3. The van der Waals surface area contributed by atoms with Crippen molar-refractivity contribution in [1.82, 2.24) is 25.8 Å². The van der Waals surface area contributed by atoms with E-state index in [4.69, 9.17) is 31.3 Å². The highest BCUT2D eigenvalue weighted by molar-refractivity contribution is 6.14. The standard InChI is InChI=1S/C37H48N10O8/c1-47-15-12-21(13-16-47)20-54-22-8-10-28-24(17-22)33-34(55-28)32(23-5-2-3-6-25(23)45-33)43-18-30(49)42-19-31(50)44-26(7-4-14-41-37(39)40)35(51)46-27(36(52)53)9-11-29(38)48/h2-3,5-6,8,10,17,21,26-27H,4,7,9,11-16,18-20H2,1H3,(H2,38,48)(H,42,49)(H,43,45)(H,44,50)(H,46,51)(H,52,53)(H4,39,40,41). The van der Waals surface area contributed by atoms with Crippen molar-refractivity contribution in [3.8, 4) is 5.75 Å². The third-order valence-corrected chi connectivity index (χ3v) is 9.35. The molecule has 294 valence electrons. The molecule has 18 heteroatoms. The number of benzene rings is 2. The van der Waals surface area contributed by atoms with Crippen molar-refractivity contribution in [2.24, 2.45) is 28.1 Å². The van der Waals surface area contributed by atoms with E-state index in [2.05, 4.69) is 38.2 Å². The summed E-state index contributed by atoms with van der Waals surface area (Å²) in [5, 5.41) is 21.6. The number of guanidine groups is 1. The average molecular weight is 761 g/mol. The molecule has 2 unspecified atom stereocenters. The van der Waals surface area contributed by atoms with Crippen molar-refractivity contribution in [2.45, 2.75) is 50.6 Å². The first kappa shape index (κ1) is 40.0. The zero-order chi connectivity index (χ0) is 39.5. The van der Waals surface area contributed by atoms with Crippen molar-refractivity contribution < 1.29 is 38.2 Å². The van der Waals surface area contributed by atoms with Crippen LogP contribution in [0.2, 0.25) is 0 Å². The molecule has 2 aromatic carbocycles. The Morgan fingerprint density at radius 2 is 1.75 bits per heavy atom. The molecule has 0 radical (unpaired) electrons. The molecule has 1 fully saturated rings. The van der Waals surface area contributed by atoms with Gasteiger partial charge >= 0.3 is 5.97 Å². The number of hydrogen-bond donors (Lipinski definition) is 8. The number of hydrogen-bond acceptors (Lipinski definition) is 11. The van der Waals surface area contributed by atoms with Crippen LogP contribution in [0.4, 0.5) is 5.69 Å². The number of pyridine rings is 1. The predicted molar refractivity (Wildman–Crippen MR) is 206 cm³/mol. The molecular weight excluding hydrogens is 712 g/mol. The number of rotatable bonds is 19. The number of aliphatic imine (C=N–C) groups is 1. The number of piperidine rings is 1. The Morgan fingerprint density at radius 3 is 2.47 bits per heavy atom. The second-order valence-electron chi connectivity index (χ2n) is 13.6. The summed E-state index contributed by atoms with van der Waals surface area (Å²) in [5.41, 5.74) is 18.8. The predicted octanol–water partition coefficient (Wildman–Crippen LogP) is 0.756. The summed E-state index contributed by atoms with van der Waals surface area (Å²) in [7, 11) is 2.13. The normalized spacial score (nSPS) is 14.6. The van der Waals surface area contributed by atoms with E-state index in [0.717, 1.165) is 42.5 Å². The molecule has 0 spiro atoms. The molecule has 5 rings (SSSR count). The van der Waals surface area contributed by atoms with E-state index in [-0.39, 0.29) is 44.7 Å². The van der Waals surface area contributed by atoms with E-state index in [0.29, 0.717) is 40.4 Å². The third-order valence-electron chi connectivity index (χ3n) is 9.35. The summed E-state index contributed by atoms with van der Waals surface area (Å²) in [4.78, 5) is 73.0. The first-order valence-electron chi connectivity index (χ1n) is 18.1. The van der Waals surface area contributed by atoms with Gasteiger partial charge < -0.3 is 57.6 Å². The van der Waals surface area contributed by atoms with Crippen LogP contribution < -0.4 is 43.2 Å². The summed E-state index contributed by atoms with van der Waals surface area (Å²) in [5.74, 6) is -3.10. The molecule has 0 bridgehead atoms. The number of nitrogens with two attached hydrogens (primary N) is 3. The number of amides is 4. The van der Waals surface area contributed by atoms with Gasteiger partial charge in [-0.2, -0.15) is 0 Å². The van der Waals surface area contributed by atoms with Gasteiger partial charge in [0.1, 0.15) is 28.9 Å². The van der Waals surface area contributed by atoms with Gasteiger partial charge in [-0.15, -0.1) is 0 Å². The number of ether oxygens (including phenoxy) is 1. The molecule has 1 aliphatic heterocycles. The molecular formula is C37H48N10O8. The topological polar surface area (TPSA) is 283 Å². The molecule has 4 aromatic rings. The Morgan fingerprint density at radius 1 is 0.982 bits per heavy atom. The number of aliphatic carboxylic acids is 1. The van der Waals surface area contributed by atoms with Crippen LogP contribution in [0.15, 0.2) is 51.9 Å². The SMILES string of the molecule is CN1CCC(COc2ccc3oc4c(NCC(=O)NCC(=O)NC(CCCN=C(N)N)C(=O)NC(CCC(N)=O)C(=O)O)c5ccccc5nc4c3c2)CC1. The maximum Gasteiger partial charge on any atom is 0.326 e. The number of carbonyl (C=O) groups excluding carboxylic acids is 4. The number of anilines is 1. The van der Waals surface area contributed by atoms with Crippen LogP contribution in [0.5, 0.6) is 5.75 Å². The van der Waals surface area contributed by atoms with Crippen LogP contribution in [0.25, 0.3) is 33.0 Å². The van der Waals surface area contributed by atoms with E-state index in [9.17, 15) is 29.1 Å². The quantitative estimate of drug-likeness (QED) is 0.0373. The molecule has 18 nitrogen and oxygen atoms in total.